The zero-order valence-corrected chi connectivity index (χ0v) is 33.0. The Morgan fingerprint density at radius 1 is 0.966 bits per heavy atom. The van der Waals surface area contributed by atoms with Gasteiger partial charge in [-0.1, -0.05) is 67.6 Å². The summed E-state index contributed by atoms with van der Waals surface area (Å²) in [5.74, 6) is -2.44. The van der Waals surface area contributed by atoms with Crippen LogP contribution in [0.15, 0.2) is 96.2 Å². The summed E-state index contributed by atoms with van der Waals surface area (Å²) in [5.41, 5.74) is 3.21. The zero-order chi connectivity index (χ0) is 41.7. The molecule has 0 radical (unpaired) electrons. The number of aliphatic hydroxyl groups is 1. The van der Waals surface area contributed by atoms with Gasteiger partial charge in [-0.25, -0.2) is 14.6 Å². The minimum absolute atomic E-state index is 0.0616. The van der Waals surface area contributed by atoms with Crippen LogP contribution in [0.4, 0.5) is 35.4 Å². The molecule has 59 heavy (non-hydrogen) atoms. The number of thioether (sulfide) groups is 1. The van der Waals surface area contributed by atoms with Crippen molar-refractivity contribution in [2.45, 2.75) is 73.5 Å². The average molecular weight is 832 g/mol. The molecule has 1 saturated carbocycles. The van der Waals surface area contributed by atoms with Gasteiger partial charge in [0.1, 0.15) is 6.10 Å². The van der Waals surface area contributed by atoms with Gasteiger partial charge in [0.2, 0.25) is 11.9 Å². The van der Waals surface area contributed by atoms with Gasteiger partial charge in [0.05, 0.1) is 18.4 Å². The van der Waals surface area contributed by atoms with Crippen molar-refractivity contribution in [3.05, 3.63) is 102 Å². The van der Waals surface area contributed by atoms with E-state index in [2.05, 4.69) is 26.3 Å². The number of rotatable bonds is 13. The van der Waals surface area contributed by atoms with Crippen molar-refractivity contribution in [2.24, 2.45) is 0 Å². The highest BCUT2D eigenvalue weighted by Crippen LogP contribution is 2.38. The van der Waals surface area contributed by atoms with Crippen molar-refractivity contribution in [3.8, 4) is 0 Å². The van der Waals surface area contributed by atoms with Gasteiger partial charge in [-0.3, -0.25) is 4.79 Å². The van der Waals surface area contributed by atoms with Gasteiger partial charge in [-0.15, -0.1) is 11.8 Å². The standard InChI is InChI=1S/C41H44F3N9O5S/c1-3-32(54)49-30-20-31(35(34(30)55)58-38(56)41(42,43)44)53-23-46-33-36(45-21-29(24-10-6-4-7-11-24)25-12-8-5-9-13-25)50-39(51-37(33)53)52-19-18-27(22-52)48-40(57)47-26-14-16-28(59-2)17-15-26/h4-17,23,27,29-31,34-35,55H,3,18-22H2,1-2H3,(H,49,54)(H,45,50,51)(H2,47,48,57)/t27-,30+,31-,34-,35+/m1/s1. The number of alkyl halides is 3. The third kappa shape index (κ3) is 9.54. The third-order valence-electron chi connectivity index (χ3n) is 10.6. The number of aromatic nitrogens is 4. The first kappa shape index (κ1) is 41.3. The molecule has 5 atom stereocenters. The maximum absolute atomic E-state index is 13.5. The number of amides is 3. The molecule has 14 nitrogen and oxygen atoms in total. The Morgan fingerprint density at radius 3 is 2.27 bits per heavy atom. The Kier molecular flexibility index (Phi) is 12.6. The molecule has 3 amide bonds. The smallest absolute Gasteiger partial charge is 0.451 e. The van der Waals surface area contributed by atoms with E-state index in [4.69, 9.17) is 14.7 Å². The van der Waals surface area contributed by atoms with Crippen LogP contribution in [0.5, 0.6) is 0 Å². The molecule has 18 heteroatoms. The van der Waals surface area contributed by atoms with Crippen LogP contribution >= 0.6 is 11.8 Å². The monoisotopic (exact) mass is 831 g/mol. The van der Waals surface area contributed by atoms with Crippen LogP contribution in [0.2, 0.25) is 0 Å². The fourth-order valence-corrected chi connectivity index (χ4v) is 7.96. The summed E-state index contributed by atoms with van der Waals surface area (Å²) in [5, 5.41) is 23.2. The second-order valence-electron chi connectivity index (χ2n) is 14.4. The summed E-state index contributed by atoms with van der Waals surface area (Å²) < 4.78 is 47.0. The van der Waals surface area contributed by atoms with Crippen LogP contribution in [-0.2, 0) is 14.3 Å². The number of halogens is 3. The third-order valence-corrected chi connectivity index (χ3v) is 11.3. The van der Waals surface area contributed by atoms with Crippen molar-refractivity contribution in [2.75, 3.05) is 41.4 Å². The highest BCUT2D eigenvalue weighted by Gasteiger charge is 2.51. The summed E-state index contributed by atoms with van der Waals surface area (Å²) in [7, 11) is 0. The van der Waals surface area contributed by atoms with Gasteiger partial charge < -0.3 is 40.6 Å². The number of carbonyl (C=O) groups excluding carboxylic acids is 3. The van der Waals surface area contributed by atoms with Crippen molar-refractivity contribution >= 4 is 58.3 Å². The molecule has 0 unspecified atom stereocenters. The van der Waals surface area contributed by atoms with E-state index in [-0.39, 0.29) is 47.9 Å². The minimum atomic E-state index is -5.33. The van der Waals surface area contributed by atoms with E-state index >= 15 is 0 Å². The highest BCUT2D eigenvalue weighted by atomic mass is 32.2. The Labute approximate surface area is 342 Å². The molecule has 2 aliphatic rings. The normalized spacial score (nSPS) is 20.5. The number of nitrogens with one attached hydrogen (secondary N) is 4. The lowest BCUT2D eigenvalue weighted by Gasteiger charge is -2.25. The van der Waals surface area contributed by atoms with E-state index in [9.17, 15) is 32.7 Å². The first-order chi connectivity index (χ1) is 28.4. The van der Waals surface area contributed by atoms with Gasteiger partial charge >= 0.3 is 18.2 Å². The lowest BCUT2D eigenvalue weighted by atomic mass is 9.91. The number of ether oxygens (including phenoxy) is 1. The van der Waals surface area contributed by atoms with Gasteiger partial charge in [-0.05, 0) is 54.5 Å². The number of aliphatic hydroxyl groups excluding tert-OH is 1. The molecule has 310 valence electrons. The molecule has 1 aliphatic heterocycles. The van der Waals surface area contributed by atoms with Gasteiger partial charge in [0, 0.05) is 48.6 Å². The van der Waals surface area contributed by atoms with E-state index in [0.717, 1.165) is 16.0 Å². The van der Waals surface area contributed by atoms with Crippen molar-refractivity contribution in [1.29, 1.82) is 0 Å². The molecular formula is C41H44F3N9O5S. The van der Waals surface area contributed by atoms with Crippen LogP contribution < -0.4 is 26.2 Å². The van der Waals surface area contributed by atoms with Crippen molar-refractivity contribution < 1.29 is 37.4 Å². The summed E-state index contributed by atoms with van der Waals surface area (Å²) in [6.07, 6.45) is -4.85. The molecule has 0 spiro atoms. The SMILES string of the molecule is CCC(=O)N[C@H]1C[C@@H](n2cnc3c(NCC(c4ccccc4)c4ccccc4)nc(N4CC[C@@H](NC(=O)Nc5ccc(SC)cc5)C4)nc32)[C@H](OC(=O)C(F)(F)F)[C@@H]1O. The summed E-state index contributed by atoms with van der Waals surface area (Å²) in [4.78, 5) is 54.9. The number of carbonyl (C=O) groups is 3. The first-order valence-corrected chi connectivity index (χ1v) is 20.4. The predicted octanol–water partition coefficient (Wildman–Crippen LogP) is 5.87. The van der Waals surface area contributed by atoms with Crippen LogP contribution in [0.25, 0.3) is 11.2 Å². The maximum atomic E-state index is 13.5. The number of fused-ring (bicyclic) bond motifs is 1. The van der Waals surface area contributed by atoms with Crippen molar-refractivity contribution in [3.63, 3.8) is 0 Å². The largest absolute Gasteiger partial charge is 0.490 e. The second-order valence-corrected chi connectivity index (χ2v) is 15.3. The molecular weight excluding hydrogens is 788 g/mol. The molecule has 7 rings (SSSR count). The summed E-state index contributed by atoms with van der Waals surface area (Å²) in [6.45, 7) is 2.77. The van der Waals surface area contributed by atoms with Crippen LogP contribution in [0, 0.1) is 0 Å². The molecule has 3 aromatic carbocycles. The first-order valence-electron chi connectivity index (χ1n) is 19.2. The molecule has 0 bridgehead atoms. The van der Waals surface area contributed by atoms with Crippen molar-refractivity contribution in [1.82, 2.24) is 30.2 Å². The molecule has 5 N–H and O–H groups in total. The average Bonchev–Trinajstić information content (AvgIpc) is 3.96. The van der Waals surface area contributed by atoms with Gasteiger partial charge in [0.25, 0.3) is 0 Å². The fraction of sp³-hybridized carbons (Fsp3) is 0.366. The number of anilines is 3. The molecule has 2 fully saturated rings. The predicted molar refractivity (Wildman–Crippen MR) is 217 cm³/mol. The second kappa shape index (κ2) is 17.9. The Morgan fingerprint density at radius 2 is 1.64 bits per heavy atom. The zero-order valence-electron chi connectivity index (χ0n) is 32.2. The van der Waals surface area contributed by atoms with Gasteiger partial charge in [0.15, 0.2) is 23.1 Å². The van der Waals surface area contributed by atoms with Crippen LogP contribution in [0.1, 0.15) is 49.3 Å². The number of hydrogen-bond acceptors (Lipinski definition) is 11. The summed E-state index contributed by atoms with van der Waals surface area (Å²) >= 11 is 1.60. The quantitative estimate of drug-likeness (QED) is 0.0710. The lowest BCUT2D eigenvalue weighted by Crippen LogP contribution is -2.45. The number of urea groups is 1. The topological polar surface area (TPSA) is 176 Å². The molecule has 1 saturated heterocycles. The number of nitrogens with zero attached hydrogens (tertiary/aromatic N) is 5. The molecule has 5 aromatic rings. The van der Waals surface area contributed by atoms with Gasteiger partial charge in [-0.2, -0.15) is 23.1 Å². The van der Waals surface area contributed by atoms with Crippen LogP contribution in [-0.4, -0.2) is 98.9 Å². The van der Waals surface area contributed by atoms with E-state index < -0.39 is 42.3 Å². The molecule has 3 heterocycles. The van der Waals surface area contributed by atoms with E-state index in [1.165, 1.54) is 10.9 Å². The lowest BCUT2D eigenvalue weighted by molar-refractivity contribution is -0.209. The summed E-state index contributed by atoms with van der Waals surface area (Å²) in [6, 6.07) is 24.5. The Balaban J connectivity index is 1.22. The number of benzene rings is 3. The highest BCUT2D eigenvalue weighted by molar-refractivity contribution is 7.98. The van der Waals surface area contributed by atoms with E-state index in [0.29, 0.717) is 37.6 Å². The fourth-order valence-electron chi connectivity index (χ4n) is 7.55. The maximum Gasteiger partial charge on any atom is 0.490 e. The van der Waals surface area contributed by atoms with Crippen LogP contribution in [0.3, 0.4) is 0 Å². The molecule has 2 aromatic heterocycles. The van der Waals surface area contributed by atoms with E-state index in [1.807, 2.05) is 96.1 Å². The number of esters is 1. The molecule has 1 aliphatic carbocycles. The Bertz CT molecular complexity index is 2210. The number of imidazole rings is 1. The minimum Gasteiger partial charge on any atom is -0.451 e. The number of hydrogen-bond donors (Lipinski definition) is 5. The van der Waals surface area contributed by atoms with E-state index in [1.54, 1.807) is 18.7 Å². The Hall–Kier alpha value is -5.88.